The minimum atomic E-state index is -1.52. The summed E-state index contributed by atoms with van der Waals surface area (Å²) in [6.07, 6.45) is 76.4. The number of ether oxygens (including phenoxy) is 4. The van der Waals surface area contributed by atoms with Gasteiger partial charge in [0, 0.05) is 12.8 Å². The van der Waals surface area contributed by atoms with Crippen molar-refractivity contribution in [2.24, 2.45) is 0 Å². The average Bonchev–Trinajstić information content (AvgIpc) is 3.40. The molecule has 0 fully saturated rings. The number of quaternary nitrogens is 1. The molecular formula is C68H118NO8+. The van der Waals surface area contributed by atoms with Crippen LogP contribution >= 0.6 is 0 Å². The molecule has 0 saturated carbocycles. The first-order chi connectivity index (χ1) is 37.6. The van der Waals surface area contributed by atoms with Gasteiger partial charge < -0.3 is 28.5 Å². The predicted molar refractivity (Wildman–Crippen MR) is 327 cm³/mol. The summed E-state index contributed by atoms with van der Waals surface area (Å²) >= 11 is 0. The summed E-state index contributed by atoms with van der Waals surface area (Å²) in [4.78, 5) is 37.5. The van der Waals surface area contributed by atoms with Gasteiger partial charge in [0.05, 0.1) is 34.4 Å². The Morgan fingerprint density at radius 2 is 0.701 bits per heavy atom. The molecule has 0 aliphatic carbocycles. The Bertz CT molecular complexity index is 1580. The van der Waals surface area contributed by atoms with Gasteiger partial charge >= 0.3 is 17.9 Å². The molecule has 0 rings (SSSR count). The summed E-state index contributed by atoms with van der Waals surface area (Å²) in [6.45, 7) is 4.66. The average molecular weight is 1080 g/mol. The van der Waals surface area contributed by atoms with Crippen LogP contribution in [0.25, 0.3) is 0 Å². The molecule has 0 spiro atoms. The van der Waals surface area contributed by atoms with Crippen LogP contribution in [-0.2, 0) is 33.3 Å². The molecule has 2 atom stereocenters. The van der Waals surface area contributed by atoms with Crippen molar-refractivity contribution in [3.05, 3.63) is 97.2 Å². The minimum Gasteiger partial charge on any atom is -0.477 e. The highest BCUT2D eigenvalue weighted by Crippen LogP contribution is 2.17. The van der Waals surface area contributed by atoms with Crippen LogP contribution in [0.5, 0.6) is 0 Å². The van der Waals surface area contributed by atoms with Crippen LogP contribution in [0.4, 0.5) is 0 Å². The molecule has 0 heterocycles. The van der Waals surface area contributed by atoms with E-state index in [2.05, 4.69) is 111 Å². The van der Waals surface area contributed by atoms with Crippen LogP contribution in [0.3, 0.4) is 0 Å². The van der Waals surface area contributed by atoms with E-state index in [4.69, 9.17) is 18.9 Å². The number of carbonyl (C=O) groups is 3. The summed E-state index contributed by atoms with van der Waals surface area (Å²) < 4.78 is 22.9. The van der Waals surface area contributed by atoms with Crippen molar-refractivity contribution in [1.82, 2.24) is 0 Å². The van der Waals surface area contributed by atoms with Gasteiger partial charge in [-0.05, 0) is 89.9 Å². The van der Waals surface area contributed by atoms with Crippen molar-refractivity contribution in [2.45, 2.75) is 270 Å². The molecule has 0 saturated heterocycles. The highest BCUT2D eigenvalue weighted by Gasteiger charge is 2.25. The maximum atomic E-state index is 12.9. The summed E-state index contributed by atoms with van der Waals surface area (Å²) in [7, 11) is 5.97. The number of allylic oxidation sites excluding steroid dienone is 16. The Hall–Kier alpha value is -3.79. The zero-order chi connectivity index (χ0) is 56.2. The third kappa shape index (κ3) is 59.7. The van der Waals surface area contributed by atoms with Gasteiger partial charge in [0.25, 0.3) is 6.29 Å². The number of hydrogen-bond acceptors (Lipinski definition) is 7. The molecule has 9 nitrogen and oxygen atoms in total. The van der Waals surface area contributed by atoms with Gasteiger partial charge in [-0.25, -0.2) is 4.79 Å². The monoisotopic (exact) mass is 1080 g/mol. The summed E-state index contributed by atoms with van der Waals surface area (Å²) in [6, 6.07) is 0. The topological polar surface area (TPSA) is 108 Å². The first kappa shape index (κ1) is 73.2. The first-order valence-electron chi connectivity index (χ1n) is 31.4. The molecule has 2 unspecified atom stereocenters. The van der Waals surface area contributed by atoms with E-state index in [1.807, 2.05) is 21.1 Å². The van der Waals surface area contributed by atoms with E-state index in [0.29, 0.717) is 17.4 Å². The van der Waals surface area contributed by atoms with Crippen LogP contribution in [0, 0.1) is 0 Å². The van der Waals surface area contributed by atoms with Gasteiger partial charge in [-0.1, -0.05) is 252 Å². The van der Waals surface area contributed by atoms with Gasteiger partial charge in [0.2, 0.25) is 0 Å². The largest absolute Gasteiger partial charge is 0.477 e. The lowest BCUT2D eigenvalue weighted by molar-refractivity contribution is -0.870. The van der Waals surface area contributed by atoms with Crippen LogP contribution in [0.2, 0.25) is 0 Å². The fraction of sp³-hybridized carbons (Fsp3) is 0.721. The fourth-order valence-corrected chi connectivity index (χ4v) is 8.59. The summed E-state index contributed by atoms with van der Waals surface area (Å²) in [5, 5.41) is 9.73. The second-order valence-corrected chi connectivity index (χ2v) is 22.0. The van der Waals surface area contributed by atoms with Crippen LogP contribution in [-0.4, -0.2) is 87.4 Å². The van der Waals surface area contributed by atoms with Crippen LogP contribution in [0.15, 0.2) is 97.2 Å². The molecule has 442 valence electrons. The lowest BCUT2D eigenvalue weighted by atomic mass is 10.0. The highest BCUT2D eigenvalue weighted by molar-refractivity contribution is 5.71. The molecule has 0 aromatic carbocycles. The number of carboxylic acid groups (broad SMARTS) is 1. The van der Waals surface area contributed by atoms with Crippen molar-refractivity contribution in [1.29, 1.82) is 0 Å². The van der Waals surface area contributed by atoms with Gasteiger partial charge in [0.15, 0.2) is 6.10 Å². The highest BCUT2D eigenvalue weighted by atomic mass is 16.7. The number of carbonyl (C=O) groups excluding carboxylic acids is 2. The fourth-order valence-electron chi connectivity index (χ4n) is 8.59. The second-order valence-electron chi connectivity index (χ2n) is 22.0. The lowest BCUT2D eigenvalue weighted by Gasteiger charge is -2.25. The maximum absolute atomic E-state index is 12.9. The van der Waals surface area contributed by atoms with Crippen molar-refractivity contribution in [3.63, 3.8) is 0 Å². The number of nitrogens with zero attached hydrogens (tertiary/aromatic N) is 1. The lowest BCUT2D eigenvalue weighted by Crippen LogP contribution is -2.40. The molecule has 1 N–H and O–H groups in total. The quantitative estimate of drug-likeness (QED) is 0.0211. The first-order valence-corrected chi connectivity index (χ1v) is 31.4. The molecule has 0 aliphatic heterocycles. The molecular weight excluding hydrogens is 959 g/mol. The minimum absolute atomic E-state index is 0.184. The molecule has 0 bridgehead atoms. The number of rotatable bonds is 57. The third-order valence-corrected chi connectivity index (χ3v) is 13.3. The number of esters is 2. The molecule has 77 heavy (non-hydrogen) atoms. The molecule has 9 heteroatoms. The van der Waals surface area contributed by atoms with Crippen LogP contribution < -0.4 is 0 Å². The standard InChI is InChI=1S/C68H117NO8/c1-6-8-10-12-14-16-18-20-22-24-26-28-30-31-32-33-34-35-37-39-41-43-45-47-49-51-53-55-57-59-66(71)77-64(63-76-68(67(72)73)74-61-60-69(3,4)5)62-75-65(70)58-56-54-52-50-48-46-44-42-40-38-36-29-27-25-23-21-19-17-15-13-11-9-7-2/h8-11,14-17,20-23,26-29,64,68H,6-7,12-13,18-19,24-25,30-63H2,1-5H3/p+1/b10-8-,11-9-,16-14-,17-15-,22-20-,23-21-,28-26-,29-27-. The number of unbranched alkanes of at least 4 members (excludes halogenated alkanes) is 26. The van der Waals surface area contributed by atoms with E-state index in [1.165, 1.54) is 135 Å². The van der Waals surface area contributed by atoms with Crippen molar-refractivity contribution < 1.29 is 42.9 Å². The SMILES string of the molecule is CC/C=C\C/C=C\C/C=C\C/C=C\CCCCCCCCCCCCCCCCCCC(=O)OC(COC(=O)CCCCCCCCCCCC/C=C\C/C=C\C/C=C\C/C=C\CC)COC(OCC[N+](C)(C)C)C(=O)O. The van der Waals surface area contributed by atoms with E-state index in [-0.39, 0.29) is 32.2 Å². The van der Waals surface area contributed by atoms with Gasteiger partial charge in [-0.15, -0.1) is 0 Å². The van der Waals surface area contributed by atoms with E-state index in [1.54, 1.807) is 0 Å². The van der Waals surface area contributed by atoms with Gasteiger partial charge in [-0.2, -0.15) is 0 Å². The molecule has 0 radical (unpaired) electrons. The molecule has 0 amide bonds. The smallest absolute Gasteiger partial charge is 0.361 e. The van der Waals surface area contributed by atoms with E-state index >= 15 is 0 Å². The van der Waals surface area contributed by atoms with Crippen molar-refractivity contribution in [3.8, 4) is 0 Å². The number of hydrogen-bond donors (Lipinski definition) is 1. The zero-order valence-electron chi connectivity index (χ0n) is 50.3. The third-order valence-electron chi connectivity index (χ3n) is 13.3. The normalized spacial score (nSPS) is 13.4. The van der Waals surface area contributed by atoms with Gasteiger partial charge in [-0.3, -0.25) is 9.59 Å². The van der Waals surface area contributed by atoms with Crippen molar-refractivity contribution >= 4 is 17.9 Å². The van der Waals surface area contributed by atoms with E-state index in [0.717, 1.165) is 96.3 Å². The molecule has 0 aliphatic rings. The summed E-state index contributed by atoms with van der Waals surface area (Å²) in [5.41, 5.74) is 0. The molecule has 0 aromatic heterocycles. The van der Waals surface area contributed by atoms with E-state index in [9.17, 15) is 19.5 Å². The Morgan fingerprint density at radius 3 is 1.04 bits per heavy atom. The van der Waals surface area contributed by atoms with E-state index < -0.39 is 24.3 Å². The zero-order valence-corrected chi connectivity index (χ0v) is 50.3. The molecule has 0 aromatic rings. The second kappa shape index (κ2) is 58.4. The Balaban J connectivity index is 4.18. The Morgan fingerprint density at radius 1 is 0.390 bits per heavy atom. The number of carboxylic acids is 1. The number of likely N-dealkylation sites (N-methyl/N-ethyl adjacent to an activating group) is 1. The Kier molecular flexibility index (Phi) is 55.5. The van der Waals surface area contributed by atoms with Crippen molar-refractivity contribution in [2.75, 3.05) is 47.5 Å². The summed E-state index contributed by atoms with van der Waals surface area (Å²) in [5.74, 6) is -2.01. The Labute approximate surface area is 473 Å². The van der Waals surface area contributed by atoms with Gasteiger partial charge in [0.1, 0.15) is 13.2 Å². The number of aliphatic carboxylic acids is 1. The van der Waals surface area contributed by atoms with Crippen LogP contribution in [0.1, 0.15) is 258 Å². The maximum Gasteiger partial charge on any atom is 0.361 e. The predicted octanol–water partition coefficient (Wildman–Crippen LogP) is 18.9.